The quantitative estimate of drug-likeness (QED) is 0.481. The van der Waals surface area contributed by atoms with Crippen molar-refractivity contribution in [1.82, 2.24) is 9.38 Å². The fraction of sp³-hybridized carbons (Fsp3) is 0.286. The molecule has 0 atom stereocenters. The van der Waals surface area contributed by atoms with Crippen molar-refractivity contribution in [3.63, 3.8) is 0 Å². The first-order chi connectivity index (χ1) is 12.7. The summed E-state index contributed by atoms with van der Waals surface area (Å²) in [6, 6.07) is 7.98. The lowest BCUT2D eigenvalue weighted by molar-refractivity contribution is -0.129. The third-order valence-corrected chi connectivity index (χ3v) is 5.45. The maximum Gasteiger partial charge on any atom is 0.363 e. The molecule has 0 N–H and O–H groups in total. The van der Waals surface area contributed by atoms with Crippen molar-refractivity contribution < 1.29 is 9.53 Å². The van der Waals surface area contributed by atoms with Crippen molar-refractivity contribution in [3.8, 4) is 0 Å². The van der Waals surface area contributed by atoms with Crippen LogP contribution >= 0.6 is 11.3 Å². The molecule has 0 aliphatic carbocycles. The second-order valence-electron chi connectivity index (χ2n) is 7.74. The zero-order chi connectivity index (χ0) is 19.3. The van der Waals surface area contributed by atoms with Crippen molar-refractivity contribution in [2.24, 2.45) is 4.99 Å². The molecular weight excluding hydrogens is 358 g/mol. The number of fused-ring (bicyclic) bond motifs is 1. The van der Waals surface area contributed by atoms with E-state index in [-0.39, 0.29) is 5.41 Å². The number of benzene rings is 1. The van der Waals surface area contributed by atoms with E-state index < -0.39 is 5.97 Å². The summed E-state index contributed by atoms with van der Waals surface area (Å²) in [4.78, 5) is 23.4. The summed E-state index contributed by atoms with van der Waals surface area (Å²) in [7, 11) is 0. The van der Waals surface area contributed by atoms with E-state index in [1.165, 1.54) is 5.56 Å². The van der Waals surface area contributed by atoms with Crippen molar-refractivity contribution in [2.45, 2.75) is 40.0 Å². The summed E-state index contributed by atoms with van der Waals surface area (Å²) >= 11 is 1.62. The minimum Gasteiger partial charge on any atom is -0.402 e. The van der Waals surface area contributed by atoms with Gasteiger partial charge in [0.1, 0.15) is 0 Å². The minimum atomic E-state index is -0.439. The molecule has 0 spiro atoms. The van der Waals surface area contributed by atoms with E-state index in [9.17, 15) is 4.79 Å². The van der Waals surface area contributed by atoms with E-state index in [0.717, 1.165) is 26.8 Å². The molecule has 27 heavy (non-hydrogen) atoms. The van der Waals surface area contributed by atoms with Gasteiger partial charge in [0.05, 0.1) is 11.4 Å². The molecule has 0 saturated heterocycles. The van der Waals surface area contributed by atoms with Crippen LogP contribution in [0.1, 0.15) is 48.2 Å². The summed E-state index contributed by atoms with van der Waals surface area (Å²) < 4.78 is 7.39. The van der Waals surface area contributed by atoms with Crippen LogP contribution in [-0.4, -0.2) is 21.3 Å². The summed E-state index contributed by atoms with van der Waals surface area (Å²) in [5, 5.41) is 0. The second-order valence-corrected chi connectivity index (χ2v) is 8.95. The molecular formula is C21H21N3O2S. The van der Waals surface area contributed by atoms with Gasteiger partial charge in [-0.2, -0.15) is 0 Å². The molecule has 0 fully saturated rings. The smallest absolute Gasteiger partial charge is 0.363 e. The van der Waals surface area contributed by atoms with Gasteiger partial charge in [-0.1, -0.05) is 32.9 Å². The number of hydrogen-bond donors (Lipinski definition) is 0. The molecule has 138 valence electrons. The molecule has 1 aromatic carbocycles. The van der Waals surface area contributed by atoms with Crippen molar-refractivity contribution in [3.05, 3.63) is 63.6 Å². The Morgan fingerprint density at radius 2 is 1.85 bits per heavy atom. The van der Waals surface area contributed by atoms with Crippen LogP contribution in [-0.2, 0) is 14.9 Å². The van der Waals surface area contributed by atoms with Gasteiger partial charge in [0.15, 0.2) is 10.7 Å². The van der Waals surface area contributed by atoms with Crippen LogP contribution in [0, 0.1) is 13.8 Å². The summed E-state index contributed by atoms with van der Waals surface area (Å²) in [6.07, 6.45) is 3.77. The number of cyclic esters (lactones) is 1. The Labute approximate surface area is 162 Å². The van der Waals surface area contributed by atoms with E-state index in [1.807, 2.05) is 48.7 Å². The second kappa shape index (κ2) is 6.16. The predicted octanol–water partition coefficient (Wildman–Crippen LogP) is 4.65. The van der Waals surface area contributed by atoms with Crippen LogP contribution in [0.5, 0.6) is 0 Å². The highest BCUT2D eigenvalue weighted by Crippen LogP contribution is 2.26. The van der Waals surface area contributed by atoms with Crippen molar-refractivity contribution >= 4 is 34.2 Å². The standard InChI is InChI=1S/C21H21N3O2S/c1-12-11-24-17(13(2)22-20(24)27-12)10-16-19(25)26-18(23-16)14-6-8-15(9-7-14)21(3,4)5/h6-11H,1-5H3. The normalized spacial score (nSPS) is 16.3. The number of ether oxygens (including phenoxy) is 1. The number of imidazole rings is 1. The lowest BCUT2D eigenvalue weighted by atomic mass is 9.87. The highest BCUT2D eigenvalue weighted by atomic mass is 32.1. The van der Waals surface area contributed by atoms with Crippen LogP contribution in [0.25, 0.3) is 11.0 Å². The molecule has 0 amide bonds. The van der Waals surface area contributed by atoms with Gasteiger partial charge in [-0.25, -0.2) is 14.8 Å². The third kappa shape index (κ3) is 3.21. The zero-order valence-corrected chi connectivity index (χ0v) is 16.8. The number of nitrogens with zero attached hydrogens (tertiary/aromatic N) is 3. The largest absolute Gasteiger partial charge is 0.402 e. The van der Waals surface area contributed by atoms with Gasteiger partial charge < -0.3 is 4.74 Å². The van der Waals surface area contributed by atoms with E-state index in [0.29, 0.717) is 11.6 Å². The Bertz CT molecular complexity index is 1110. The first-order valence-electron chi connectivity index (χ1n) is 8.81. The highest BCUT2D eigenvalue weighted by Gasteiger charge is 2.25. The van der Waals surface area contributed by atoms with Crippen LogP contribution in [0.15, 0.2) is 41.2 Å². The maximum atomic E-state index is 12.3. The number of carbonyl (C=O) groups excluding carboxylic acids is 1. The SMILES string of the molecule is Cc1cn2c(C=C3N=C(c4ccc(C(C)(C)C)cc4)OC3=O)c(C)nc2s1. The van der Waals surface area contributed by atoms with Gasteiger partial charge in [-0.3, -0.25) is 4.40 Å². The van der Waals surface area contributed by atoms with Gasteiger partial charge in [-0.15, -0.1) is 11.3 Å². The molecule has 0 unspecified atom stereocenters. The van der Waals surface area contributed by atoms with E-state index in [1.54, 1.807) is 17.4 Å². The van der Waals surface area contributed by atoms with E-state index in [4.69, 9.17) is 4.74 Å². The Morgan fingerprint density at radius 1 is 1.15 bits per heavy atom. The zero-order valence-electron chi connectivity index (χ0n) is 16.0. The lowest BCUT2D eigenvalue weighted by Gasteiger charge is -2.18. The average Bonchev–Trinajstić information content (AvgIpc) is 3.22. The van der Waals surface area contributed by atoms with Crippen LogP contribution in [0.2, 0.25) is 0 Å². The third-order valence-electron chi connectivity index (χ3n) is 4.55. The number of rotatable bonds is 2. The Kier molecular flexibility index (Phi) is 4.03. The number of carbonyl (C=O) groups is 1. The van der Waals surface area contributed by atoms with Gasteiger partial charge >= 0.3 is 5.97 Å². The fourth-order valence-electron chi connectivity index (χ4n) is 3.03. The van der Waals surface area contributed by atoms with E-state index in [2.05, 4.69) is 30.7 Å². The number of aliphatic imine (C=N–C) groups is 1. The Hall–Kier alpha value is -2.73. The van der Waals surface area contributed by atoms with Gasteiger partial charge in [0.2, 0.25) is 5.90 Å². The molecule has 0 saturated carbocycles. The average molecular weight is 379 g/mol. The number of aryl methyl sites for hydroxylation is 2. The molecule has 3 aromatic rings. The fourth-order valence-corrected chi connectivity index (χ4v) is 3.91. The molecule has 2 aromatic heterocycles. The number of hydrogen-bond acceptors (Lipinski definition) is 5. The predicted molar refractivity (Wildman–Crippen MR) is 108 cm³/mol. The van der Waals surface area contributed by atoms with Crippen LogP contribution in [0.4, 0.5) is 0 Å². The van der Waals surface area contributed by atoms with Gasteiger partial charge in [0.25, 0.3) is 0 Å². The van der Waals surface area contributed by atoms with Crippen LogP contribution in [0.3, 0.4) is 0 Å². The lowest BCUT2D eigenvalue weighted by Crippen LogP contribution is -2.11. The van der Waals surface area contributed by atoms with Crippen LogP contribution < -0.4 is 0 Å². The van der Waals surface area contributed by atoms with E-state index >= 15 is 0 Å². The molecule has 1 aliphatic rings. The first kappa shape index (κ1) is 17.7. The summed E-state index contributed by atoms with van der Waals surface area (Å²) in [5.41, 5.74) is 4.09. The first-order valence-corrected chi connectivity index (χ1v) is 9.62. The molecule has 5 nitrogen and oxygen atoms in total. The number of esters is 1. The summed E-state index contributed by atoms with van der Waals surface area (Å²) in [5.74, 6) is -0.0992. The minimum absolute atomic E-state index is 0.0708. The summed E-state index contributed by atoms with van der Waals surface area (Å²) in [6.45, 7) is 10.5. The topological polar surface area (TPSA) is 56.0 Å². The monoisotopic (exact) mass is 379 g/mol. The maximum absolute atomic E-state index is 12.3. The number of aromatic nitrogens is 2. The molecule has 3 heterocycles. The molecule has 4 rings (SSSR count). The Balaban J connectivity index is 1.70. The van der Waals surface area contributed by atoms with Crippen molar-refractivity contribution in [2.75, 3.05) is 0 Å². The molecule has 1 aliphatic heterocycles. The van der Waals surface area contributed by atoms with Crippen molar-refractivity contribution in [1.29, 1.82) is 0 Å². The molecule has 0 bridgehead atoms. The van der Waals surface area contributed by atoms with Gasteiger partial charge in [-0.05, 0) is 43.0 Å². The molecule has 6 heteroatoms. The molecule has 0 radical (unpaired) electrons. The number of thiazole rings is 1. The Morgan fingerprint density at radius 3 is 2.52 bits per heavy atom. The van der Waals surface area contributed by atoms with Gasteiger partial charge in [0, 0.05) is 16.6 Å². The highest BCUT2D eigenvalue weighted by molar-refractivity contribution is 7.17.